The number of nitrogens with zero attached hydrogens (tertiary/aromatic N) is 2. The van der Waals surface area contributed by atoms with Crippen LogP contribution in [0.1, 0.15) is 29.4 Å². The molecule has 0 saturated carbocycles. The molecule has 2 aromatic rings. The maximum atomic E-state index is 12.7. The summed E-state index contributed by atoms with van der Waals surface area (Å²) < 4.78 is 39.4. The Morgan fingerprint density at radius 2 is 2.13 bits per heavy atom. The van der Waals surface area contributed by atoms with Gasteiger partial charge in [0.2, 0.25) is 0 Å². The van der Waals surface area contributed by atoms with E-state index in [0.29, 0.717) is 6.42 Å². The normalized spacial score (nSPS) is 12.9. The van der Waals surface area contributed by atoms with Crippen molar-refractivity contribution in [1.29, 1.82) is 0 Å². The zero-order valence-electron chi connectivity index (χ0n) is 12.3. The van der Waals surface area contributed by atoms with Crippen LogP contribution in [0, 0.1) is 0 Å². The number of rotatable bonds is 5. The number of halogens is 3. The Morgan fingerprint density at radius 1 is 1.39 bits per heavy atom. The molecule has 1 atom stereocenters. The minimum absolute atomic E-state index is 0.0554. The van der Waals surface area contributed by atoms with Crippen LogP contribution in [0.4, 0.5) is 13.2 Å². The van der Waals surface area contributed by atoms with E-state index in [0.717, 1.165) is 12.1 Å². The van der Waals surface area contributed by atoms with E-state index in [1.165, 1.54) is 29.1 Å². The maximum absolute atomic E-state index is 12.7. The average Bonchev–Trinajstić information content (AvgIpc) is 2.96. The van der Waals surface area contributed by atoms with E-state index in [2.05, 4.69) is 10.4 Å². The highest BCUT2D eigenvalue weighted by Crippen LogP contribution is 2.30. The summed E-state index contributed by atoms with van der Waals surface area (Å²) in [5.74, 6) is -0.448. The van der Waals surface area contributed by atoms with Crippen molar-refractivity contribution in [2.45, 2.75) is 25.6 Å². The van der Waals surface area contributed by atoms with Crippen LogP contribution < -0.4 is 5.32 Å². The highest BCUT2D eigenvalue weighted by atomic mass is 19.4. The number of nitrogens with one attached hydrogen (secondary N) is 1. The minimum Gasteiger partial charge on any atom is -0.396 e. The first kappa shape index (κ1) is 17.0. The van der Waals surface area contributed by atoms with Gasteiger partial charge in [-0.1, -0.05) is 6.07 Å². The van der Waals surface area contributed by atoms with Crippen LogP contribution in [0.25, 0.3) is 5.69 Å². The van der Waals surface area contributed by atoms with Crippen LogP contribution in [0.15, 0.2) is 36.5 Å². The predicted octanol–water partition coefficient (Wildman–Crippen LogP) is 2.39. The first-order valence-corrected chi connectivity index (χ1v) is 6.96. The molecule has 1 heterocycles. The Morgan fingerprint density at radius 3 is 2.78 bits per heavy atom. The van der Waals surface area contributed by atoms with E-state index in [1.807, 2.05) is 0 Å². The molecule has 0 radical (unpaired) electrons. The topological polar surface area (TPSA) is 67.2 Å². The second kappa shape index (κ2) is 6.82. The van der Waals surface area contributed by atoms with Gasteiger partial charge >= 0.3 is 6.18 Å². The quantitative estimate of drug-likeness (QED) is 0.886. The Labute approximate surface area is 130 Å². The van der Waals surface area contributed by atoms with E-state index >= 15 is 0 Å². The fourth-order valence-corrected chi connectivity index (χ4v) is 1.98. The SMILES string of the molecule is CC(CCO)NC(=O)c1ccn(-c2cccc(C(F)(F)F)c2)n1. The van der Waals surface area contributed by atoms with Gasteiger partial charge in [0.25, 0.3) is 5.91 Å². The third-order valence-corrected chi connectivity index (χ3v) is 3.20. The van der Waals surface area contributed by atoms with Crippen LogP contribution in [-0.2, 0) is 6.18 Å². The zero-order chi connectivity index (χ0) is 17.0. The molecular formula is C15H16F3N3O2. The van der Waals surface area contributed by atoms with Crippen molar-refractivity contribution in [1.82, 2.24) is 15.1 Å². The Bertz CT molecular complexity index is 683. The lowest BCUT2D eigenvalue weighted by molar-refractivity contribution is -0.137. The second-order valence-electron chi connectivity index (χ2n) is 5.08. The van der Waals surface area contributed by atoms with Gasteiger partial charge in [-0.15, -0.1) is 0 Å². The van der Waals surface area contributed by atoms with Gasteiger partial charge in [0, 0.05) is 18.8 Å². The second-order valence-corrected chi connectivity index (χ2v) is 5.08. The smallest absolute Gasteiger partial charge is 0.396 e. The largest absolute Gasteiger partial charge is 0.416 e. The predicted molar refractivity (Wildman–Crippen MR) is 77.2 cm³/mol. The molecule has 0 aliphatic rings. The van der Waals surface area contributed by atoms with Gasteiger partial charge in [0.05, 0.1) is 11.3 Å². The summed E-state index contributed by atoms with van der Waals surface area (Å²) in [5, 5.41) is 15.4. The summed E-state index contributed by atoms with van der Waals surface area (Å²) in [5.41, 5.74) is -0.484. The number of aliphatic hydroxyl groups is 1. The standard InChI is InChI=1S/C15H16F3N3O2/c1-10(6-8-22)19-14(23)13-5-7-21(20-13)12-4-2-3-11(9-12)15(16,17)18/h2-5,7,9-10,22H,6,8H2,1H3,(H,19,23). The highest BCUT2D eigenvalue weighted by Gasteiger charge is 2.30. The van der Waals surface area contributed by atoms with E-state index in [-0.39, 0.29) is 24.0 Å². The lowest BCUT2D eigenvalue weighted by atomic mass is 10.2. The van der Waals surface area contributed by atoms with Gasteiger partial charge in [0.15, 0.2) is 5.69 Å². The summed E-state index contributed by atoms with van der Waals surface area (Å²) in [6.45, 7) is 1.68. The Kier molecular flexibility index (Phi) is 5.05. The van der Waals surface area contributed by atoms with Crippen molar-refractivity contribution in [3.05, 3.63) is 47.8 Å². The van der Waals surface area contributed by atoms with Gasteiger partial charge < -0.3 is 10.4 Å². The molecule has 5 nitrogen and oxygen atoms in total. The van der Waals surface area contributed by atoms with Crippen LogP contribution in [-0.4, -0.2) is 33.4 Å². The van der Waals surface area contributed by atoms with Crippen molar-refractivity contribution in [2.75, 3.05) is 6.61 Å². The van der Waals surface area contributed by atoms with Crippen molar-refractivity contribution < 1.29 is 23.1 Å². The van der Waals surface area contributed by atoms with Crippen LogP contribution >= 0.6 is 0 Å². The van der Waals surface area contributed by atoms with Gasteiger partial charge in [-0.3, -0.25) is 4.79 Å². The number of amides is 1. The molecule has 0 bridgehead atoms. The van der Waals surface area contributed by atoms with E-state index in [4.69, 9.17) is 5.11 Å². The van der Waals surface area contributed by atoms with Crippen LogP contribution in [0.2, 0.25) is 0 Å². The first-order valence-electron chi connectivity index (χ1n) is 6.96. The molecule has 0 saturated heterocycles. The van der Waals surface area contributed by atoms with E-state index in [1.54, 1.807) is 6.92 Å². The number of carbonyl (C=O) groups excluding carboxylic acids is 1. The Balaban J connectivity index is 2.18. The van der Waals surface area contributed by atoms with E-state index < -0.39 is 17.6 Å². The van der Waals surface area contributed by atoms with Crippen molar-refractivity contribution >= 4 is 5.91 Å². The summed E-state index contributed by atoms with van der Waals surface area (Å²) in [6, 6.07) is 5.87. The average molecular weight is 327 g/mol. The minimum atomic E-state index is -4.44. The van der Waals surface area contributed by atoms with Crippen molar-refractivity contribution in [2.24, 2.45) is 0 Å². The molecule has 23 heavy (non-hydrogen) atoms. The molecule has 1 aromatic heterocycles. The molecule has 8 heteroatoms. The van der Waals surface area contributed by atoms with Crippen molar-refractivity contribution in [3.63, 3.8) is 0 Å². The number of alkyl halides is 3. The van der Waals surface area contributed by atoms with Crippen molar-refractivity contribution in [3.8, 4) is 5.69 Å². The molecule has 0 fully saturated rings. The molecule has 2 rings (SSSR count). The molecule has 1 unspecified atom stereocenters. The van der Waals surface area contributed by atoms with Gasteiger partial charge in [-0.2, -0.15) is 18.3 Å². The lowest BCUT2D eigenvalue weighted by Gasteiger charge is -2.11. The van der Waals surface area contributed by atoms with Crippen LogP contribution in [0.3, 0.4) is 0 Å². The number of benzene rings is 1. The molecule has 0 spiro atoms. The van der Waals surface area contributed by atoms with Crippen LogP contribution in [0.5, 0.6) is 0 Å². The number of carbonyl (C=O) groups is 1. The fourth-order valence-electron chi connectivity index (χ4n) is 1.98. The fraction of sp³-hybridized carbons (Fsp3) is 0.333. The summed E-state index contributed by atoms with van der Waals surface area (Å²) >= 11 is 0. The molecule has 2 N–H and O–H groups in total. The molecule has 1 amide bonds. The molecular weight excluding hydrogens is 311 g/mol. The molecule has 0 aliphatic heterocycles. The maximum Gasteiger partial charge on any atom is 0.416 e. The number of aliphatic hydroxyl groups excluding tert-OH is 1. The lowest BCUT2D eigenvalue weighted by Crippen LogP contribution is -2.33. The zero-order valence-corrected chi connectivity index (χ0v) is 12.3. The monoisotopic (exact) mass is 327 g/mol. The summed E-state index contributed by atoms with van der Waals surface area (Å²) in [7, 11) is 0. The number of hydrogen-bond donors (Lipinski definition) is 2. The van der Waals surface area contributed by atoms with E-state index in [9.17, 15) is 18.0 Å². The summed E-state index contributed by atoms with van der Waals surface area (Å²) in [6.07, 6.45) is -2.62. The van der Waals surface area contributed by atoms with Gasteiger partial charge in [-0.25, -0.2) is 4.68 Å². The van der Waals surface area contributed by atoms with Gasteiger partial charge in [-0.05, 0) is 37.6 Å². The van der Waals surface area contributed by atoms with Gasteiger partial charge in [0.1, 0.15) is 0 Å². The Hall–Kier alpha value is -2.35. The summed E-state index contributed by atoms with van der Waals surface area (Å²) in [4.78, 5) is 12.0. The molecule has 124 valence electrons. The highest BCUT2D eigenvalue weighted by molar-refractivity contribution is 5.92. The first-order chi connectivity index (χ1) is 10.8. The number of hydrogen-bond acceptors (Lipinski definition) is 3. The third-order valence-electron chi connectivity index (χ3n) is 3.20. The third kappa shape index (κ3) is 4.32. The molecule has 0 aliphatic carbocycles. The number of aromatic nitrogens is 2. The molecule has 1 aromatic carbocycles.